The molecular weight excluding hydrogens is 400 g/mol. The van der Waals surface area contributed by atoms with Gasteiger partial charge in [-0.15, -0.1) is 0 Å². The fourth-order valence-electron chi connectivity index (χ4n) is 3.48. The van der Waals surface area contributed by atoms with Gasteiger partial charge < -0.3 is 13.3 Å². The van der Waals surface area contributed by atoms with Crippen LogP contribution in [-0.2, 0) is 27.7 Å². The Bertz CT molecular complexity index is 464. The van der Waals surface area contributed by atoms with Gasteiger partial charge in [0, 0.05) is 26.8 Å². The molecule has 0 rings (SSSR count). The molecule has 0 radical (unpaired) electrons. The zero-order chi connectivity index (χ0) is 22.7. The molecule has 0 heterocycles. The normalized spacial score (nSPS) is 11.2. The Kier molecular flexibility index (Phi) is 17.6. The first-order chi connectivity index (χ1) is 14.3. The summed E-state index contributed by atoms with van der Waals surface area (Å²) in [5, 5.41) is 0. The van der Waals surface area contributed by atoms with E-state index in [1.807, 2.05) is 0 Å². The van der Waals surface area contributed by atoms with Crippen LogP contribution in [0.15, 0.2) is 0 Å². The van der Waals surface area contributed by atoms with Gasteiger partial charge in [0.05, 0.1) is 0 Å². The number of unbranched alkanes of at least 4 members (excludes halogenated alkanes) is 14. The van der Waals surface area contributed by atoms with Crippen molar-refractivity contribution in [2.45, 2.75) is 130 Å². The van der Waals surface area contributed by atoms with E-state index in [4.69, 9.17) is 13.3 Å². The average Bonchev–Trinajstić information content (AvgIpc) is 2.63. The maximum absolute atomic E-state index is 12.0. The van der Waals surface area contributed by atoms with Gasteiger partial charge in [-0.25, -0.2) is 0 Å². The summed E-state index contributed by atoms with van der Waals surface area (Å²) in [6.45, 7) is 6.01. The third-order valence-electron chi connectivity index (χ3n) is 4.94. The van der Waals surface area contributed by atoms with Crippen molar-refractivity contribution in [3.05, 3.63) is 0 Å². The molecule has 30 heavy (non-hydrogen) atoms. The second kappa shape index (κ2) is 18.4. The molecule has 0 aliphatic carbocycles. The Morgan fingerprint density at radius 1 is 0.567 bits per heavy atom. The van der Waals surface area contributed by atoms with Crippen LogP contribution in [0, 0.1) is 0 Å². The Balaban J connectivity index is 3.62. The zero-order valence-electron chi connectivity index (χ0n) is 19.8. The molecule has 0 N–H and O–H groups in total. The van der Waals surface area contributed by atoms with Crippen LogP contribution in [0.25, 0.3) is 0 Å². The average molecular weight is 445 g/mol. The molecule has 0 aromatic rings. The fraction of sp³-hybridized carbons (Fsp3) is 0.870. The topological polar surface area (TPSA) is 78.9 Å². The van der Waals surface area contributed by atoms with Crippen LogP contribution < -0.4 is 0 Å². The number of carbonyl (C=O) groups excluding carboxylic acids is 3. The van der Waals surface area contributed by atoms with Crippen molar-refractivity contribution in [1.82, 2.24) is 0 Å². The van der Waals surface area contributed by atoms with Crippen molar-refractivity contribution in [2.24, 2.45) is 0 Å². The van der Waals surface area contributed by atoms with E-state index in [0.717, 1.165) is 19.3 Å². The molecule has 176 valence electrons. The predicted molar refractivity (Wildman–Crippen MR) is 121 cm³/mol. The van der Waals surface area contributed by atoms with Crippen LogP contribution in [0.4, 0.5) is 0 Å². The molecular formula is C23H44O6Si. The first kappa shape index (κ1) is 28.6. The minimum atomic E-state index is -3.60. The lowest BCUT2D eigenvalue weighted by molar-refractivity contribution is -0.148. The van der Waals surface area contributed by atoms with Crippen molar-refractivity contribution in [1.29, 1.82) is 0 Å². The van der Waals surface area contributed by atoms with E-state index >= 15 is 0 Å². The number of hydrogen-bond donors (Lipinski definition) is 0. The highest BCUT2D eigenvalue weighted by atomic mass is 28.4. The molecule has 0 aromatic heterocycles. The Hall–Kier alpha value is -1.37. The SMILES string of the molecule is CCCCCCCCCCCCCCCCCC(=O)O[Si](C)(OC(C)=O)OC(C)=O. The maximum Gasteiger partial charge on any atom is 0.701 e. The highest BCUT2D eigenvalue weighted by Gasteiger charge is 2.46. The predicted octanol–water partition coefficient (Wildman–Crippen LogP) is 6.49. The highest BCUT2D eigenvalue weighted by Crippen LogP contribution is 2.15. The van der Waals surface area contributed by atoms with Gasteiger partial charge in [0.2, 0.25) is 0 Å². The van der Waals surface area contributed by atoms with Gasteiger partial charge in [-0.3, -0.25) is 14.4 Å². The molecule has 0 bridgehead atoms. The van der Waals surface area contributed by atoms with Crippen LogP contribution in [0.3, 0.4) is 0 Å². The monoisotopic (exact) mass is 444 g/mol. The molecule has 0 saturated carbocycles. The van der Waals surface area contributed by atoms with E-state index in [9.17, 15) is 14.4 Å². The summed E-state index contributed by atoms with van der Waals surface area (Å²) < 4.78 is 15.1. The molecule has 0 aliphatic heterocycles. The summed E-state index contributed by atoms with van der Waals surface area (Å²) in [6, 6.07) is 0. The standard InChI is InChI=1S/C23H44O6Si/c1-5-6-7-8-9-10-11-12-13-14-15-16-17-18-19-20-23(26)29-30(4,27-21(2)24)28-22(3)25/h5-20H2,1-4H3. The summed E-state index contributed by atoms with van der Waals surface area (Å²) >= 11 is 0. The summed E-state index contributed by atoms with van der Waals surface area (Å²) in [7, 11) is -3.60. The summed E-state index contributed by atoms with van der Waals surface area (Å²) in [5.41, 5.74) is 0. The summed E-state index contributed by atoms with van der Waals surface area (Å²) in [5.74, 6) is -1.75. The molecule has 0 unspecified atom stereocenters. The third-order valence-corrected chi connectivity index (χ3v) is 6.86. The first-order valence-corrected chi connectivity index (χ1v) is 14.1. The van der Waals surface area contributed by atoms with E-state index in [-0.39, 0.29) is 6.42 Å². The Morgan fingerprint density at radius 3 is 1.23 bits per heavy atom. The molecule has 7 heteroatoms. The van der Waals surface area contributed by atoms with Gasteiger partial charge in [0.25, 0.3) is 17.9 Å². The molecule has 0 amide bonds. The van der Waals surface area contributed by atoms with Crippen molar-refractivity contribution in [2.75, 3.05) is 0 Å². The van der Waals surface area contributed by atoms with Gasteiger partial charge in [0.1, 0.15) is 0 Å². The quantitative estimate of drug-likeness (QED) is 0.167. The summed E-state index contributed by atoms with van der Waals surface area (Å²) in [6.07, 6.45) is 19.1. The van der Waals surface area contributed by atoms with Crippen LogP contribution in [0.2, 0.25) is 6.55 Å². The van der Waals surface area contributed by atoms with E-state index in [1.165, 1.54) is 97.4 Å². The zero-order valence-corrected chi connectivity index (χ0v) is 20.8. The number of carbonyl (C=O) groups is 3. The van der Waals surface area contributed by atoms with Crippen LogP contribution >= 0.6 is 0 Å². The van der Waals surface area contributed by atoms with Crippen LogP contribution in [0.5, 0.6) is 0 Å². The second-order valence-electron chi connectivity index (χ2n) is 8.22. The Labute approximate surface area is 184 Å². The van der Waals surface area contributed by atoms with Crippen LogP contribution in [0.1, 0.15) is 124 Å². The van der Waals surface area contributed by atoms with Gasteiger partial charge in [-0.1, -0.05) is 96.8 Å². The number of rotatable bonds is 19. The second-order valence-corrected chi connectivity index (χ2v) is 10.6. The lowest BCUT2D eigenvalue weighted by Gasteiger charge is -2.23. The lowest BCUT2D eigenvalue weighted by atomic mass is 10.0. The van der Waals surface area contributed by atoms with E-state index < -0.39 is 26.7 Å². The molecule has 0 spiro atoms. The molecule has 0 aliphatic rings. The largest absolute Gasteiger partial charge is 0.701 e. The minimum Gasteiger partial charge on any atom is -0.455 e. The summed E-state index contributed by atoms with van der Waals surface area (Å²) in [4.78, 5) is 34.3. The van der Waals surface area contributed by atoms with Crippen molar-refractivity contribution in [3.63, 3.8) is 0 Å². The molecule has 6 nitrogen and oxygen atoms in total. The smallest absolute Gasteiger partial charge is 0.455 e. The van der Waals surface area contributed by atoms with Crippen molar-refractivity contribution in [3.8, 4) is 0 Å². The van der Waals surface area contributed by atoms with Gasteiger partial charge in [-0.05, 0) is 6.42 Å². The number of hydrogen-bond acceptors (Lipinski definition) is 6. The van der Waals surface area contributed by atoms with Gasteiger partial charge in [-0.2, -0.15) is 0 Å². The van der Waals surface area contributed by atoms with E-state index in [1.54, 1.807) is 0 Å². The molecule has 0 fully saturated rings. The molecule has 0 saturated heterocycles. The van der Waals surface area contributed by atoms with E-state index in [0.29, 0.717) is 0 Å². The minimum absolute atomic E-state index is 0.239. The lowest BCUT2D eigenvalue weighted by Crippen LogP contribution is -2.46. The molecule has 0 aromatic carbocycles. The van der Waals surface area contributed by atoms with Gasteiger partial charge in [0.15, 0.2) is 0 Å². The Morgan fingerprint density at radius 2 is 0.900 bits per heavy atom. The highest BCUT2D eigenvalue weighted by molar-refractivity contribution is 6.64. The maximum atomic E-state index is 12.0. The van der Waals surface area contributed by atoms with Crippen molar-refractivity contribution >= 4 is 26.7 Å². The fourth-order valence-corrected chi connectivity index (χ4v) is 5.17. The van der Waals surface area contributed by atoms with E-state index in [2.05, 4.69) is 6.92 Å². The van der Waals surface area contributed by atoms with Gasteiger partial charge >= 0.3 is 8.80 Å². The first-order valence-electron chi connectivity index (χ1n) is 11.9. The third kappa shape index (κ3) is 18.6. The molecule has 0 atom stereocenters. The van der Waals surface area contributed by atoms with Crippen molar-refractivity contribution < 1.29 is 27.7 Å². The van der Waals surface area contributed by atoms with Crippen LogP contribution in [-0.4, -0.2) is 26.7 Å².